The van der Waals surface area contributed by atoms with Crippen LogP contribution in [0.5, 0.6) is 0 Å². The van der Waals surface area contributed by atoms with E-state index in [1.54, 1.807) is 0 Å². The number of aliphatic carboxylic acids is 1. The maximum absolute atomic E-state index is 10.4. The fourth-order valence-electron chi connectivity index (χ4n) is 1.54. The maximum Gasteiger partial charge on any atom is 0.328 e. The topological polar surface area (TPSA) is 46.5 Å². The van der Waals surface area contributed by atoms with E-state index in [4.69, 9.17) is 9.84 Å². The van der Waals surface area contributed by atoms with Crippen molar-refractivity contribution in [3.8, 4) is 0 Å². The van der Waals surface area contributed by atoms with Crippen molar-refractivity contribution in [3.05, 3.63) is 11.6 Å². The molecule has 15 heavy (non-hydrogen) atoms. The smallest absolute Gasteiger partial charge is 0.328 e. The first-order chi connectivity index (χ1) is 6.87. The largest absolute Gasteiger partial charge is 0.478 e. The van der Waals surface area contributed by atoms with E-state index in [9.17, 15) is 4.79 Å². The molecule has 0 aliphatic carbocycles. The van der Waals surface area contributed by atoms with Crippen LogP contribution in [0.3, 0.4) is 0 Å². The van der Waals surface area contributed by atoms with Gasteiger partial charge in [0, 0.05) is 12.7 Å². The first-order valence-electron chi connectivity index (χ1n) is 5.41. The maximum atomic E-state index is 10.4. The number of ether oxygens (including phenoxy) is 1. The summed E-state index contributed by atoms with van der Waals surface area (Å²) in [4.78, 5) is 10.4. The highest BCUT2D eigenvalue weighted by Crippen LogP contribution is 2.19. The molecule has 0 amide bonds. The Bertz CT molecular complexity index is 229. The van der Waals surface area contributed by atoms with Gasteiger partial charge >= 0.3 is 5.97 Å². The van der Waals surface area contributed by atoms with E-state index in [0.29, 0.717) is 0 Å². The summed E-state index contributed by atoms with van der Waals surface area (Å²) in [6, 6.07) is 0. The van der Waals surface area contributed by atoms with Crippen LogP contribution < -0.4 is 0 Å². The van der Waals surface area contributed by atoms with Gasteiger partial charge in [-0.3, -0.25) is 0 Å². The summed E-state index contributed by atoms with van der Waals surface area (Å²) in [6.45, 7) is 8.68. The molecule has 88 valence electrons. The quantitative estimate of drug-likeness (QED) is 0.663. The van der Waals surface area contributed by atoms with Crippen molar-refractivity contribution in [3.63, 3.8) is 0 Å². The minimum Gasteiger partial charge on any atom is -0.478 e. The van der Waals surface area contributed by atoms with Crippen molar-refractivity contribution in [2.75, 3.05) is 6.61 Å². The average molecular weight is 214 g/mol. The SMILES string of the molecule is CCOC(C)(C)CCC/C(C)=C/C(=O)O. The van der Waals surface area contributed by atoms with E-state index in [1.165, 1.54) is 6.08 Å². The molecule has 0 fully saturated rings. The molecule has 0 aliphatic rings. The average Bonchev–Trinajstić information content (AvgIpc) is 2.01. The molecule has 3 nitrogen and oxygen atoms in total. The second kappa shape index (κ2) is 6.62. The third-order valence-corrected chi connectivity index (χ3v) is 2.25. The first-order valence-corrected chi connectivity index (χ1v) is 5.41. The number of rotatable bonds is 7. The third kappa shape index (κ3) is 8.18. The van der Waals surface area contributed by atoms with Crippen LogP contribution >= 0.6 is 0 Å². The predicted octanol–water partition coefficient (Wildman–Crippen LogP) is 3.00. The summed E-state index contributed by atoms with van der Waals surface area (Å²) >= 11 is 0. The molecule has 0 atom stereocenters. The summed E-state index contributed by atoms with van der Waals surface area (Å²) in [5.74, 6) is -0.864. The molecule has 0 radical (unpaired) electrons. The molecule has 0 rings (SSSR count). The predicted molar refractivity (Wildman–Crippen MR) is 60.9 cm³/mol. The third-order valence-electron chi connectivity index (χ3n) is 2.25. The van der Waals surface area contributed by atoms with Gasteiger partial charge in [-0.25, -0.2) is 4.79 Å². The zero-order chi connectivity index (χ0) is 11.9. The monoisotopic (exact) mass is 214 g/mol. The summed E-state index contributed by atoms with van der Waals surface area (Å²) in [7, 11) is 0. The first kappa shape index (κ1) is 14.2. The summed E-state index contributed by atoms with van der Waals surface area (Å²) in [5.41, 5.74) is 0.813. The molecule has 1 N–H and O–H groups in total. The van der Waals surface area contributed by atoms with Gasteiger partial charge in [-0.1, -0.05) is 5.57 Å². The van der Waals surface area contributed by atoms with Crippen LogP contribution in [0.1, 0.15) is 47.0 Å². The molecule has 0 unspecified atom stereocenters. The Morgan fingerprint density at radius 2 is 2.07 bits per heavy atom. The summed E-state index contributed by atoms with van der Waals surface area (Å²) in [6.07, 6.45) is 4.00. The van der Waals surface area contributed by atoms with E-state index in [0.717, 1.165) is 31.4 Å². The minimum atomic E-state index is -0.864. The van der Waals surface area contributed by atoms with Crippen LogP contribution in [0.4, 0.5) is 0 Å². The Morgan fingerprint density at radius 3 is 2.53 bits per heavy atom. The number of hydrogen-bond acceptors (Lipinski definition) is 2. The lowest BCUT2D eigenvalue weighted by Gasteiger charge is -2.24. The van der Waals surface area contributed by atoms with Gasteiger partial charge in [0.1, 0.15) is 0 Å². The molecule has 0 aromatic carbocycles. The van der Waals surface area contributed by atoms with Gasteiger partial charge in [0.15, 0.2) is 0 Å². The van der Waals surface area contributed by atoms with Gasteiger partial charge < -0.3 is 9.84 Å². The number of carboxylic acids is 1. The van der Waals surface area contributed by atoms with Crippen LogP contribution in [0.25, 0.3) is 0 Å². The highest BCUT2D eigenvalue weighted by molar-refractivity contribution is 5.80. The van der Waals surface area contributed by atoms with Crippen LogP contribution in [-0.4, -0.2) is 23.3 Å². The minimum absolute atomic E-state index is 0.0990. The molecule has 0 aromatic heterocycles. The fraction of sp³-hybridized carbons (Fsp3) is 0.750. The summed E-state index contributed by atoms with van der Waals surface area (Å²) in [5, 5.41) is 8.53. The molecule has 0 aromatic rings. The Morgan fingerprint density at radius 1 is 1.47 bits per heavy atom. The van der Waals surface area contributed by atoms with Gasteiger partial charge in [0.2, 0.25) is 0 Å². The zero-order valence-corrected chi connectivity index (χ0v) is 10.2. The van der Waals surface area contributed by atoms with Crippen molar-refractivity contribution in [1.82, 2.24) is 0 Å². The lowest BCUT2D eigenvalue weighted by Crippen LogP contribution is -2.24. The van der Waals surface area contributed by atoms with Gasteiger partial charge in [0.25, 0.3) is 0 Å². The zero-order valence-electron chi connectivity index (χ0n) is 10.2. The van der Waals surface area contributed by atoms with Crippen molar-refractivity contribution >= 4 is 5.97 Å². The molecular formula is C12H22O3. The van der Waals surface area contributed by atoms with Crippen LogP contribution in [-0.2, 0) is 9.53 Å². The fourth-order valence-corrected chi connectivity index (χ4v) is 1.54. The van der Waals surface area contributed by atoms with E-state index in [2.05, 4.69) is 13.8 Å². The molecule has 3 heteroatoms. The second-order valence-electron chi connectivity index (χ2n) is 4.38. The van der Waals surface area contributed by atoms with Crippen molar-refractivity contribution in [1.29, 1.82) is 0 Å². The number of allylic oxidation sites excluding steroid dienone is 1. The molecular weight excluding hydrogens is 192 g/mol. The van der Waals surface area contributed by atoms with Gasteiger partial charge in [-0.15, -0.1) is 0 Å². The van der Waals surface area contributed by atoms with Crippen molar-refractivity contribution in [2.24, 2.45) is 0 Å². The standard InChI is InChI=1S/C12H22O3/c1-5-15-12(3,4)8-6-7-10(2)9-11(13)14/h9H,5-8H2,1-4H3,(H,13,14)/b10-9+. The molecule has 0 saturated carbocycles. The molecule has 0 bridgehead atoms. The van der Waals surface area contributed by atoms with Crippen molar-refractivity contribution in [2.45, 2.75) is 52.6 Å². The van der Waals surface area contributed by atoms with Crippen LogP contribution in [0.2, 0.25) is 0 Å². The van der Waals surface area contributed by atoms with Crippen LogP contribution in [0.15, 0.2) is 11.6 Å². The Hall–Kier alpha value is -0.830. The molecule has 0 spiro atoms. The van der Waals surface area contributed by atoms with Gasteiger partial charge in [0.05, 0.1) is 5.60 Å². The normalized spacial score (nSPS) is 12.9. The molecule has 0 heterocycles. The van der Waals surface area contributed by atoms with E-state index in [-0.39, 0.29) is 5.60 Å². The Kier molecular flexibility index (Phi) is 6.25. The van der Waals surface area contributed by atoms with Gasteiger partial charge in [-0.05, 0) is 47.0 Å². The number of carbonyl (C=O) groups is 1. The van der Waals surface area contributed by atoms with Crippen LogP contribution in [0, 0.1) is 0 Å². The van der Waals surface area contributed by atoms with Crippen molar-refractivity contribution < 1.29 is 14.6 Å². The number of carboxylic acid groups (broad SMARTS) is 1. The molecule has 0 aliphatic heterocycles. The lowest BCUT2D eigenvalue weighted by atomic mass is 9.99. The number of hydrogen-bond donors (Lipinski definition) is 1. The summed E-state index contributed by atoms with van der Waals surface area (Å²) < 4.78 is 5.56. The highest BCUT2D eigenvalue weighted by Gasteiger charge is 2.16. The van der Waals surface area contributed by atoms with Gasteiger partial charge in [-0.2, -0.15) is 0 Å². The Labute approximate surface area is 92.1 Å². The second-order valence-corrected chi connectivity index (χ2v) is 4.38. The molecule has 0 saturated heterocycles. The van der Waals surface area contributed by atoms with E-state index < -0.39 is 5.97 Å². The van der Waals surface area contributed by atoms with E-state index in [1.807, 2.05) is 13.8 Å². The Balaban J connectivity index is 3.83. The highest BCUT2D eigenvalue weighted by atomic mass is 16.5. The lowest BCUT2D eigenvalue weighted by molar-refractivity contribution is -0.131. The van der Waals surface area contributed by atoms with E-state index >= 15 is 0 Å².